The highest BCUT2D eigenvalue weighted by Gasteiger charge is 2.62. The Morgan fingerprint density at radius 3 is 2.52 bits per heavy atom. The highest BCUT2D eigenvalue weighted by atomic mass is 16.3. The van der Waals surface area contributed by atoms with Gasteiger partial charge in [-0.1, -0.05) is 0 Å². The van der Waals surface area contributed by atoms with E-state index in [0.717, 1.165) is 43.0 Å². The van der Waals surface area contributed by atoms with Gasteiger partial charge in [-0.15, -0.1) is 0 Å². The fourth-order valence-corrected chi connectivity index (χ4v) is 5.78. The maximum atomic E-state index is 13.2. The predicted octanol–water partition coefficient (Wildman–Crippen LogP) is 0.277. The number of fused-ring (bicyclic) bond motifs is 3. The predicted molar refractivity (Wildman–Crippen MR) is 117 cm³/mol. The Labute approximate surface area is 191 Å². The van der Waals surface area contributed by atoms with Gasteiger partial charge in [0.05, 0.1) is 12.9 Å². The third kappa shape index (κ3) is 3.39. The minimum Gasteiger partial charge on any atom is -0.359 e. The smallest absolute Gasteiger partial charge is 0.334 e. The van der Waals surface area contributed by atoms with Crippen LogP contribution in [0.4, 0.5) is 9.59 Å². The standard InChI is InChI=1S/C21H30N8O4/c1-3-26(4-2)20(32)29-18-21(33,17(30)25-19(29)31)24-12-28(18)15-9-13-5-6-14(10-15)27(13)11-16-22-7-8-23-16/h7-8,12-15,18,33H,3-6,9-11H2,1-2H3,(H,22,23)(H,25,30,31). The zero-order valence-electron chi connectivity index (χ0n) is 18.8. The Morgan fingerprint density at radius 1 is 1.21 bits per heavy atom. The van der Waals surface area contributed by atoms with Gasteiger partial charge in [0.1, 0.15) is 5.82 Å². The number of piperidine rings is 1. The van der Waals surface area contributed by atoms with Crippen LogP contribution in [0.3, 0.4) is 0 Å². The van der Waals surface area contributed by atoms with Crippen molar-refractivity contribution in [2.24, 2.45) is 4.99 Å². The molecule has 5 heterocycles. The van der Waals surface area contributed by atoms with Crippen LogP contribution >= 0.6 is 0 Å². The van der Waals surface area contributed by atoms with Gasteiger partial charge in [-0.2, -0.15) is 0 Å². The summed E-state index contributed by atoms with van der Waals surface area (Å²) in [4.78, 5) is 56.9. The van der Waals surface area contributed by atoms with Gasteiger partial charge in [-0.25, -0.2) is 24.5 Å². The topological polar surface area (TPSA) is 137 Å². The number of nitrogens with one attached hydrogen (secondary N) is 2. The van der Waals surface area contributed by atoms with Crippen LogP contribution < -0.4 is 5.32 Å². The van der Waals surface area contributed by atoms with E-state index in [2.05, 4.69) is 25.2 Å². The number of hydrogen-bond donors (Lipinski definition) is 3. The molecule has 33 heavy (non-hydrogen) atoms. The third-order valence-corrected chi connectivity index (χ3v) is 7.46. The second-order valence-corrected chi connectivity index (χ2v) is 9.09. The number of imidazole rings is 1. The van der Waals surface area contributed by atoms with Crippen LogP contribution in [-0.4, -0.2) is 102 Å². The number of H-pyrrole nitrogens is 1. The molecule has 4 atom stereocenters. The summed E-state index contributed by atoms with van der Waals surface area (Å²) >= 11 is 0. The second kappa shape index (κ2) is 8.10. The summed E-state index contributed by atoms with van der Waals surface area (Å²) in [6, 6.07) is -0.840. The number of carbonyl (C=O) groups is 3. The summed E-state index contributed by atoms with van der Waals surface area (Å²) in [6.07, 6.45) is 7.45. The van der Waals surface area contributed by atoms with E-state index in [9.17, 15) is 19.5 Å². The monoisotopic (exact) mass is 458 g/mol. The molecule has 178 valence electrons. The lowest BCUT2D eigenvalue weighted by Crippen LogP contribution is -2.74. The minimum atomic E-state index is -2.22. The van der Waals surface area contributed by atoms with Crippen molar-refractivity contribution in [2.45, 2.75) is 76.1 Å². The van der Waals surface area contributed by atoms with Gasteiger partial charge in [0.25, 0.3) is 11.6 Å². The van der Waals surface area contributed by atoms with Crippen LogP contribution in [0.1, 0.15) is 45.4 Å². The molecule has 5 amide bonds. The molecular formula is C21H30N8O4. The number of aliphatic imine (C=N–C) groups is 1. The Balaban J connectivity index is 1.40. The van der Waals surface area contributed by atoms with Crippen LogP contribution in [-0.2, 0) is 11.3 Å². The average molecular weight is 459 g/mol. The lowest BCUT2D eigenvalue weighted by atomic mass is 9.94. The molecule has 1 aromatic heterocycles. The van der Waals surface area contributed by atoms with Gasteiger partial charge in [-0.05, 0) is 39.5 Å². The van der Waals surface area contributed by atoms with Crippen molar-refractivity contribution in [2.75, 3.05) is 13.1 Å². The first-order chi connectivity index (χ1) is 15.9. The van der Waals surface area contributed by atoms with E-state index < -0.39 is 29.9 Å². The quantitative estimate of drug-likeness (QED) is 0.576. The van der Waals surface area contributed by atoms with Crippen molar-refractivity contribution in [1.29, 1.82) is 0 Å². The zero-order valence-corrected chi connectivity index (χ0v) is 18.8. The molecule has 0 spiro atoms. The molecule has 0 aliphatic carbocycles. The first-order valence-electron chi connectivity index (χ1n) is 11.6. The third-order valence-electron chi connectivity index (χ3n) is 7.46. The number of rotatable bonds is 5. The SMILES string of the molecule is CCN(CC)C(=O)N1C(=O)NC(=O)C2(O)N=CN(C3CC4CCC(C3)N4Cc3ncc[nH]3)C12. The fourth-order valence-electron chi connectivity index (χ4n) is 5.78. The molecule has 4 aliphatic heterocycles. The van der Waals surface area contributed by atoms with E-state index in [4.69, 9.17) is 0 Å². The van der Waals surface area contributed by atoms with E-state index in [1.807, 2.05) is 20.0 Å². The number of aromatic amines is 1. The largest absolute Gasteiger partial charge is 0.359 e. The van der Waals surface area contributed by atoms with Crippen molar-refractivity contribution < 1.29 is 19.5 Å². The highest BCUT2D eigenvalue weighted by molar-refractivity contribution is 6.09. The van der Waals surface area contributed by atoms with Crippen LogP contribution in [0.25, 0.3) is 0 Å². The van der Waals surface area contributed by atoms with Crippen LogP contribution in [0.5, 0.6) is 0 Å². The number of carbonyl (C=O) groups excluding carboxylic acids is 3. The molecule has 3 saturated heterocycles. The summed E-state index contributed by atoms with van der Waals surface area (Å²) in [6.45, 7) is 5.17. The van der Waals surface area contributed by atoms with Gasteiger partial charge in [0.2, 0.25) is 0 Å². The maximum absolute atomic E-state index is 13.2. The number of imide groups is 2. The fraction of sp³-hybridized carbons (Fsp3) is 0.667. The number of nitrogens with zero attached hydrogens (tertiary/aromatic N) is 6. The van der Waals surface area contributed by atoms with Crippen molar-refractivity contribution in [3.05, 3.63) is 18.2 Å². The van der Waals surface area contributed by atoms with Crippen molar-refractivity contribution >= 4 is 24.3 Å². The Bertz CT molecular complexity index is 949. The summed E-state index contributed by atoms with van der Waals surface area (Å²) in [5, 5.41) is 13.3. The molecule has 3 fully saturated rings. The molecular weight excluding hydrogens is 428 g/mol. The lowest BCUT2D eigenvalue weighted by molar-refractivity contribution is -0.152. The first kappa shape index (κ1) is 21.8. The Kier molecular flexibility index (Phi) is 5.36. The van der Waals surface area contributed by atoms with Gasteiger partial charge in [0, 0.05) is 43.6 Å². The van der Waals surface area contributed by atoms with Crippen LogP contribution in [0, 0.1) is 0 Å². The molecule has 2 bridgehead atoms. The molecule has 0 saturated carbocycles. The van der Waals surface area contributed by atoms with Gasteiger partial charge in [-0.3, -0.25) is 15.0 Å². The average Bonchev–Trinajstić information content (AvgIpc) is 3.48. The number of amides is 5. The van der Waals surface area contributed by atoms with E-state index in [1.54, 1.807) is 11.1 Å². The number of aliphatic hydroxyl groups is 1. The van der Waals surface area contributed by atoms with Gasteiger partial charge in [0.15, 0.2) is 6.17 Å². The Morgan fingerprint density at radius 2 is 1.91 bits per heavy atom. The van der Waals surface area contributed by atoms with Crippen molar-refractivity contribution in [3.8, 4) is 0 Å². The minimum absolute atomic E-state index is 0.0659. The maximum Gasteiger partial charge on any atom is 0.334 e. The lowest BCUT2D eigenvalue weighted by Gasteiger charge is -2.48. The number of urea groups is 2. The van der Waals surface area contributed by atoms with E-state index in [1.165, 1.54) is 11.2 Å². The summed E-state index contributed by atoms with van der Waals surface area (Å²) in [5.74, 6) is 0.0195. The van der Waals surface area contributed by atoms with E-state index in [0.29, 0.717) is 25.2 Å². The highest BCUT2D eigenvalue weighted by Crippen LogP contribution is 2.41. The van der Waals surface area contributed by atoms with Crippen molar-refractivity contribution in [3.63, 3.8) is 0 Å². The van der Waals surface area contributed by atoms with Crippen LogP contribution in [0.15, 0.2) is 17.4 Å². The molecule has 4 aliphatic rings. The molecule has 0 aromatic carbocycles. The van der Waals surface area contributed by atoms with Gasteiger partial charge >= 0.3 is 12.1 Å². The Hall–Kier alpha value is -2.99. The molecule has 5 rings (SSSR count). The zero-order chi connectivity index (χ0) is 23.3. The van der Waals surface area contributed by atoms with Crippen molar-refractivity contribution in [1.82, 2.24) is 34.9 Å². The normalized spacial score (nSPS) is 33.4. The molecule has 12 heteroatoms. The van der Waals surface area contributed by atoms with Crippen LogP contribution in [0.2, 0.25) is 0 Å². The van der Waals surface area contributed by atoms with Gasteiger partial charge < -0.3 is 19.9 Å². The molecule has 0 radical (unpaired) electrons. The molecule has 1 aromatic rings. The van der Waals surface area contributed by atoms with E-state index >= 15 is 0 Å². The molecule has 12 nitrogen and oxygen atoms in total. The molecule has 3 N–H and O–H groups in total. The summed E-state index contributed by atoms with van der Waals surface area (Å²) in [7, 11) is 0. The molecule has 4 unspecified atom stereocenters. The second-order valence-electron chi connectivity index (χ2n) is 9.09. The first-order valence-corrected chi connectivity index (χ1v) is 11.6. The number of aromatic nitrogens is 2. The van der Waals surface area contributed by atoms with E-state index in [-0.39, 0.29) is 6.04 Å². The summed E-state index contributed by atoms with van der Waals surface area (Å²) < 4.78 is 0. The summed E-state index contributed by atoms with van der Waals surface area (Å²) in [5.41, 5.74) is -2.22. The number of hydrogen-bond acceptors (Lipinski definition) is 8.